The van der Waals surface area contributed by atoms with Crippen molar-refractivity contribution in [2.24, 2.45) is 12.8 Å². The third-order valence-electron chi connectivity index (χ3n) is 2.83. The maximum absolute atomic E-state index is 11.9. The van der Waals surface area contributed by atoms with Gasteiger partial charge in [0, 0.05) is 18.8 Å². The number of hydrogen-bond acceptors (Lipinski definition) is 4. The van der Waals surface area contributed by atoms with Gasteiger partial charge >= 0.3 is 5.97 Å². The van der Waals surface area contributed by atoms with Crippen molar-refractivity contribution in [2.75, 3.05) is 0 Å². The zero-order valence-corrected chi connectivity index (χ0v) is 10.7. The lowest BCUT2D eigenvalue weighted by Crippen LogP contribution is -2.52. The standard InChI is InChI=1S/C11H18N4O3/c1-4-11(2,12)10(18)14-8(9(16)17)7-5-13-15(3)6-7/h5-6,8H,4,12H2,1-3H3,(H,14,18)(H,16,17). The largest absolute Gasteiger partial charge is 0.479 e. The summed E-state index contributed by atoms with van der Waals surface area (Å²) < 4.78 is 1.47. The Morgan fingerprint density at radius 1 is 1.67 bits per heavy atom. The van der Waals surface area contributed by atoms with Crippen LogP contribution in [0, 0.1) is 0 Å². The molecule has 0 fully saturated rings. The van der Waals surface area contributed by atoms with Gasteiger partial charge in [-0.25, -0.2) is 4.79 Å². The molecule has 0 saturated heterocycles. The first-order valence-corrected chi connectivity index (χ1v) is 5.59. The Kier molecular flexibility index (Phi) is 4.07. The topological polar surface area (TPSA) is 110 Å². The summed E-state index contributed by atoms with van der Waals surface area (Å²) >= 11 is 0. The van der Waals surface area contributed by atoms with E-state index in [9.17, 15) is 9.59 Å². The van der Waals surface area contributed by atoms with E-state index >= 15 is 0 Å². The van der Waals surface area contributed by atoms with Crippen LogP contribution in [0.25, 0.3) is 0 Å². The number of hydrogen-bond donors (Lipinski definition) is 3. The predicted octanol–water partition coefficient (Wildman–Crippen LogP) is -0.211. The first-order chi connectivity index (χ1) is 8.27. The molecule has 2 atom stereocenters. The van der Waals surface area contributed by atoms with Gasteiger partial charge in [0.1, 0.15) is 0 Å². The molecule has 7 heteroatoms. The number of rotatable bonds is 5. The molecule has 4 N–H and O–H groups in total. The van der Waals surface area contributed by atoms with E-state index in [1.54, 1.807) is 27.1 Å². The Balaban J connectivity index is 2.89. The molecule has 1 amide bonds. The number of carboxylic acid groups (broad SMARTS) is 1. The van der Waals surface area contributed by atoms with Crippen molar-refractivity contribution in [3.63, 3.8) is 0 Å². The van der Waals surface area contributed by atoms with Crippen LogP contribution in [-0.4, -0.2) is 32.3 Å². The van der Waals surface area contributed by atoms with Crippen molar-refractivity contribution in [3.8, 4) is 0 Å². The molecule has 0 spiro atoms. The van der Waals surface area contributed by atoms with Gasteiger partial charge in [-0.15, -0.1) is 0 Å². The average Bonchev–Trinajstić information content (AvgIpc) is 2.71. The Morgan fingerprint density at radius 3 is 2.67 bits per heavy atom. The van der Waals surface area contributed by atoms with Crippen molar-refractivity contribution >= 4 is 11.9 Å². The van der Waals surface area contributed by atoms with Crippen LogP contribution >= 0.6 is 0 Å². The van der Waals surface area contributed by atoms with E-state index in [-0.39, 0.29) is 0 Å². The number of carboxylic acids is 1. The minimum atomic E-state index is -1.15. The molecule has 1 heterocycles. The van der Waals surface area contributed by atoms with Gasteiger partial charge in [-0.2, -0.15) is 5.10 Å². The van der Waals surface area contributed by atoms with Crippen LogP contribution in [0.4, 0.5) is 0 Å². The maximum Gasteiger partial charge on any atom is 0.331 e. The fourth-order valence-electron chi connectivity index (χ4n) is 1.33. The van der Waals surface area contributed by atoms with E-state index in [4.69, 9.17) is 10.8 Å². The van der Waals surface area contributed by atoms with E-state index in [0.29, 0.717) is 12.0 Å². The minimum absolute atomic E-state index is 0.408. The van der Waals surface area contributed by atoms with Crippen molar-refractivity contribution in [3.05, 3.63) is 18.0 Å². The second-order valence-electron chi connectivity index (χ2n) is 4.46. The van der Waals surface area contributed by atoms with Crippen molar-refractivity contribution in [2.45, 2.75) is 31.8 Å². The summed E-state index contributed by atoms with van der Waals surface area (Å²) in [7, 11) is 1.67. The summed E-state index contributed by atoms with van der Waals surface area (Å²) in [5.74, 6) is -1.65. The van der Waals surface area contributed by atoms with Crippen LogP contribution in [0.3, 0.4) is 0 Å². The summed E-state index contributed by atoms with van der Waals surface area (Å²) in [5.41, 5.74) is 5.09. The molecular weight excluding hydrogens is 236 g/mol. The molecule has 1 aromatic heterocycles. The summed E-state index contributed by atoms with van der Waals surface area (Å²) in [5, 5.41) is 15.4. The van der Waals surface area contributed by atoms with Gasteiger partial charge in [0.05, 0.1) is 11.7 Å². The highest BCUT2D eigenvalue weighted by molar-refractivity contribution is 5.90. The number of nitrogens with two attached hydrogens (primary N) is 1. The summed E-state index contributed by atoms with van der Waals surface area (Å²) in [4.78, 5) is 23.0. The van der Waals surface area contributed by atoms with Crippen LogP contribution in [0.2, 0.25) is 0 Å². The van der Waals surface area contributed by atoms with Gasteiger partial charge in [-0.3, -0.25) is 9.48 Å². The van der Waals surface area contributed by atoms with Crippen molar-refractivity contribution < 1.29 is 14.7 Å². The number of aliphatic carboxylic acids is 1. The summed E-state index contributed by atoms with van der Waals surface area (Å²) in [6, 6.07) is -1.14. The molecular formula is C11H18N4O3. The van der Waals surface area contributed by atoms with Crippen LogP contribution in [0.1, 0.15) is 31.9 Å². The van der Waals surface area contributed by atoms with E-state index < -0.39 is 23.5 Å². The van der Waals surface area contributed by atoms with Crippen LogP contribution < -0.4 is 11.1 Å². The molecule has 7 nitrogen and oxygen atoms in total. The van der Waals surface area contributed by atoms with Gasteiger partial charge in [-0.05, 0) is 13.3 Å². The van der Waals surface area contributed by atoms with Crippen molar-refractivity contribution in [1.29, 1.82) is 0 Å². The molecule has 1 rings (SSSR count). The Labute approximate surface area is 105 Å². The zero-order valence-electron chi connectivity index (χ0n) is 10.7. The van der Waals surface area contributed by atoms with Gasteiger partial charge in [-0.1, -0.05) is 6.92 Å². The van der Waals surface area contributed by atoms with Gasteiger partial charge < -0.3 is 16.2 Å². The molecule has 0 radical (unpaired) electrons. The Bertz CT molecular complexity index is 453. The zero-order chi connectivity index (χ0) is 13.9. The average molecular weight is 254 g/mol. The lowest BCUT2D eigenvalue weighted by atomic mass is 9.98. The fraction of sp³-hybridized carbons (Fsp3) is 0.545. The molecule has 0 aromatic carbocycles. The lowest BCUT2D eigenvalue weighted by molar-refractivity contribution is -0.142. The molecule has 0 aliphatic heterocycles. The maximum atomic E-state index is 11.9. The van der Waals surface area contributed by atoms with Crippen molar-refractivity contribution in [1.82, 2.24) is 15.1 Å². The Hall–Kier alpha value is -1.89. The smallest absolute Gasteiger partial charge is 0.331 e. The summed E-state index contributed by atoms with van der Waals surface area (Å²) in [6.07, 6.45) is 3.36. The molecule has 0 aliphatic rings. The monoisotopic (exact) mass is 254 g/mol. The van der Waals surface area contributed by atoms with Crippen LogP contribution in [-0.2, 0) is 16.6 Å². The van der Waals surface area contributed by atoms with E-state index in [1.807, 2.05) is 0 Å². The predicted molar refractivity (Wildman–Crippen MR) is 64.6 cm³/mol. The lowest BCUT2D eigenvalue weighted by Gasteiger charge is -2.24. The van der Waals surface area contributed by atoms with Crippen LogP contribution in [0.15, 0.2) is 12.4 Å². The van der Waals surface area contributed by atoms with E-state index in [1.165, 1.54) is 10.9 Å². The Morgan fingerprint density at radius 2 is 2.28 bits per heavy atom. The highest BCUT2D eigenvalue weighted by Gasteiger charge is 2.31. The number of carbonyl (C=O) groups is 2. The number of amides is 1. The summed E-state index contributed by atoms with van der Waals surface area (Å²) in [6.45, 7) is 3.32. The SMILES string of the molecule is CCC(C)(N)C(=O)NC(C(=O)O)c1cnn(C)c1. The van der Waals surface area contributed by atoms with E-state index in [0.717, 1.165) is 0 Å². The highest BCUT2D eigenvalue weighted by Crippen LogP contribution is 2.14. The second kappa shape index (κ2) is 5.18. The molecule has 0 bridgehead atoms. The van der Waals surface area contributed by atoms with Gasteiger partial charge in [0.15, 0.2) is 6.04 Å². The van der Waals surface area contributed by atoms with Gasteiger partial charge in [0.2, 0.25) is 5.91 Å². The molecule has 0 aliphatic carbocycles. The first-order valence-electron chi connectivity index (χ1n) is 5.59. The molecule has 1 aromatic rings. The number of aromatic nitrogens is 2. The van der Waals surface area contributed by atoms with Gasteiger partial charge in [0.25, 0.3) is 0 Å². The minimum Gasteiger partial charge on any atom is -0.479 e. The molecule has 0 saturated carbocycles. The quantitative estimate of drug-likeness (QED) is 0.673. The molecule has 100 valence electrons. The molecule has 18 heavy (non-hydrogen) atoms. The number of aryl methyl sites for hydroxylation is 1. The van der Waals surface area contributed by atoms with E-state index in [2.05, 4.69) is 10.4 Å². The van der Waals surface area contributed by atoms with Crippen LogP contribution in [0.5, 0.6) is 0 Å². The fourth-order valence-corrected chi connectivity index (χ4v) is 1.33. The first kappa shape index (κ1) is 14.2. The molecule has 2 unspecified atom stereocenters. The highest BCUT2D eigenvalue weighted by atomic mass is 16.4. The normalized spacial score (nSPS) is 15.8. The second-order valence-corrected chi connectivity index (χ2v) is 4.46. The third-order valence-corrected chi connectivity index (χ3v) is 2.83. The third kappa shape index (κ3) is 3.07. The number of nitrogens with zero attached hydrogens (tertiary/aromatic N) is 2. The number of carbonyl (C=O) groups excluding carboxylic acids is 1. The number of nitrogens with one attached hydrogen (secondary N) is 1.